The van der Waals surface area contributed by atoms with E-state index in [0.29, 0.717) is 37.8 Å². The second kappa shape index (κ2) is 13.9. The number of nitro groups is 1. The Morgan fingerprint density at radius 3 is 2.16 bits per heavy atom. The molecule has 0 spiro atoms. The number of ether oxygens (including phenoxy) is 1. The van der Waals surface area contributed by atoms with Crippen molar-refractivity contribution in [3.8, 4) is 28.3 Å². The van der Waals surface area contributed by atoms with Gasteiger partial charge in [-0.05, 0) is 42.1 Å². The summed E-state index contributed by atoms with van der Waals surface area (Å²) in [4.78, 5) is 33.4. The maximum atomic E-state index is 12.1. The first kappa shape index (κ1) is 29.7. The molecule has 0 radical (unpaired) electrons. The first-order chi connectivity index (χ1) is 20.9. The highest BCUT2D eigenvalue weighted by atomic mass is 35.5. The molecule has 1 aromatic heterocycles. The lowest BCUT2D eigenvalue weighted by Gasteiger charge is -2.09. The summed E-state index contributed by atoms with van der Waals surface area (Å²) >= 11 is 13.0. The SMILES string of the molecule is O=C(COc1ccc(Cl)cc1Cl)N/N=C/c1ccc(Sc2nc(-c3ccccc3)cc(-c3ccccc3)n2)c([N+](=O)[O-])c1. The van der Waals surface area contributed by atoms with Gasteiger partial charge in [0.25, 0.3) is 11.6 Å². The van der Waals surface area contributed by atoms with Gasteiger partial charge < -0.3 is 4.74 Å². The first-order valence-corrected chi connectivity index (χ1v) is 14.3. The zero-order valence-electron chi connectivity index (χ0n) is 22.2. The number of hydrogen-bond acceptors (Lipinski definition) is 8. The molecular weight excluding hydrogens is 609 g/mol. The fourth-order valence-electron chi connectivity index (χ4n) is 3.87. The summed E-state index contributed by atoms with van der Waals surface area (Å²) < 4.78 is 5.37. The maximum absolute atomic E-state index is 12.1. The smallest absolute Gasteiger partial charge is 0.283 e. The van der Waals surface area contributed by atoms with E-state index in [1.54, 1.807) is 24.3 Å². The number of benzene rings is 4. The molecule has 0 aliphatic heterocycles. The van der Waals surface area contributed by atoms with Gasteiger partial charge in [0.05, 0.1) is 32.4 Å². The van der Waals surface area contributed by atoms with E-state index in [2.05, 4.69) is 10.5 Å². The minimum Gasteiger partial charge on any atom is -0.482 e. The molecule has 0 bridgehead atoms. The van der Waals surface area contributed by atoms with Crippen molar-refractivity contribution in [2.45, 2.75) is 10.1 Å². The Balaban J connectivity index is 1.33. The number of nitro benzene ring substituents is 1. The highest BCUT2D eigenvalue weighted by molar-refractivity contribution is 7.99. The van der Waals surface area contributed by atoms with E-state index < -0.39 is 10.8 Å². The summed E-state index contributed by atoms with van der Waals surface area (Å²) in [5.74, 6) is -0.253. The number of nitrogens with one attached hydrogen (secondary N) is 1. The Morgan fingerprint density at radius 2 is 1.56 bits per heavy atom. The average Bonchev–Trinajstić information content (AvgIpc) is 3.02. The number of carbonyl (C=O) groups excluding carboxylic acids is 1. The van der Waals surface area contributed by atoms with Crippen LogP contribution in [0.25, 0.3) is 22.5 Å². The van der Waals surface area contributed by atoms with Crippen LogP contribution in [-0.4, -0.2) is 33.6 Å². The summed E-state index contributed by atoms with van der Waals surface area (Å²) in [5.41, 5.74) is 5.75. The van der Waals surface area contributed by atoms with Gasteiger partial charge in [0.2, 0.25) is 0 Å². The van der Waals surface area contributed by atoms with Crippen LogP contribution in [0.2, 0.25) is 10.0 Å². The third-order valence-electron chi connectivity index (χ3n) is 5.88. The number of amides is 1. The normalized spacial score (nSPS) is 10.9. The average molecular weight is 631 g/mol. The van der Waals surface area contributed by atoms with Gasteiger partial charge in [0.15, 0.2) is 11.8 Å². The molecule has 4 aromatic carbocycles. The number of aromatic nitrogens is 2. The molecule has 43 heavy (non-hydrogen) atoms. The monoisotopic (exact) mass is 629 g/mol. The highest BCUT2D eigenvalue weighted by Crippen LogP contribution is 2.36. The zero-order valence-corrected chi connectivity index (χ0v) is 24.5. The molecule has 0 unspecified atom stereocenters. The van der Waals surface area contributed by atoms with Crippen molar-refractivity contribution in [1.29, 1.82) is 0 Å². The van der Waals surface area contributed by atoms with E-state index >= 15 is 0 Å². The number of carbonyl (C=O) groups is 1. The van der Waals surface area contributed by atoms with Gasteiger partial charge in [-0.25, -0.2) is 15.4 Å². The number of halogens is 2. The molecule has 0 aliphatic carbocycles. The first-order valence-electron chi connectivity index (χ1n) is 12.7. The van der Waals surface area contributed by atoms with Crippen LogP contribution in [0, 0.1) is 10.1 Å². The topological polar surface area (TPSA) is 120 Å². The van der Waals surface area contributed by atoms with Crippen molar-refractivity contribution in [2.24, 2.45) is 5.10 Å². The number of nitrogens with zero attached hydrogens (tertiary/aromatic N) is 4. The fourth-order valence-corrected chi connectivity index (χ4v) is 5.19. The van der Waals surface area contributed by atoms with Crippen molar-refractivity contribution >= 4 is 52.8 Å². The number of hydrogen-bond donors (Lipinski definition) is 1. The van der Waals surface area contributed by atoms with Crippen LogP contribution in [0.15, 0.2) is 118 Å². The fraction of sp³-hybridized carbons (Fsp3) is 0.0323. The van der Waals surface area contributed by atoms with Crippen LogP contribution in [-0.2, 0) is 4.79 Å². The second-order valence-electron chi connectivity index (χ2n) is 8.90. The van der Waals surface area contributed by atoms with Crippen molar-refractivity contribution in [3.05, 3.63) is 129 Å². The van der Waals surface area contributed by atoms with Crippen molar-refractivity contribution in [2.75, 3.05) is 6.61 Å². The van der Waals surface area contributed by atoms with Gasteiger partial charge in [0, 0.05) is 27.8 Å². The molecule has 0 atom stereocenters. The summed E-state index contributed by atoms with van der Waals surface area (Å²) in [5, 5.41) is 16.9. The van der Waals surface area contributed by atoms with E-state index in [1.165, 1.54) is 18.3 Å². The minimum absolute atomic E-state index is 0.157. The molecule has 9 nitrogen and oxygen atoms in total. The van der Waals surface area contributed by atoms with Gasteiger partial charge in [0.1, 0.15) is 5.75 Å². The van der Waals surface area contributed by atoms with Crippen LogP contribution >= 0.6 is 35.0 Å². The van der Waals surface area contributed by atoms with E-state index in [0.717, 1.165) is 22.9 Å². The Kier molecular flexibility index (Phi) is 9.63. The lowest BCUT2D eigenvalue weighted by atomic mass is 10.1. The van der Waals surface area contributed by atoms with Gasteiger partial charge in [-0.3, -0.25) is 14.9 Å². The van der Waals surface area contributed by atoms with Gasteiger partial charge in [-0.1, -0.05) is 89.9 Å². The standard InChI is InChI=1S/C31H21Cl2N5O4S/c32-23-12-13-28(24(33)16-23)42-19-30(39)37-34-18-20-11-14-29(27(15-20)38(40)41)43-31-35-25(21-7-3-1-4-8-21)17-26(36-31)22-9-5-2-6-10-22/h1-18H,19H2,(H,37,39)/b34-18+. The van der Waals surface area contributed by atoms with Crippen molar-refractivity contribution < 1.29 is 14.5 Å². The molecule has 5 rings (SSSR count). The lowest BCUT2D eigenvalue weighted by molar-refractivity contribution is -0.387. The van der Waals surface area contributed by atoms with Gasteiger partial charge in [-0.15, -0.1) is 0 Å². The maximum Gasteiger partial charge on any atom is 0.283 e. The van der Waals surface area contributed by atoms with E-state index in [4.69, 9.17) is 37.9 Å². The third-order valence-corrected chi connectivity index (χ3v) is 7.34. The molecule has 12 heteroatoms. The highest BCUT2D eigenvalue weighted by Gasteiger charge is 2.18. The molecule has 1 N–H and O–H groups in total. The summed E-state index contributed by atoms with van der Waals surface area (Å²) in [6.07, 6.45) is 1.30. The number of rotatable bonds is 10. The van der Waals surface area contributed by atoms with Crippen molar-refractivity contribution in [1.82, 2.24) is 15.4 Å². The molecular formula is C31H21Cl2N5O4S. The molecule has 1 amide bonds. The summed E-state index contributed by atoms with van der Waals surface area (Å²) in [6.45, 7) is -0.346. The molecule has 0 saturated carbocycles. The summed E-state index contributed by atoms with van der Waals surface area (Å²) in [6, 6.07) is 30.4. The van der Waals surface area contributed by atoms with Gasteiger partial charge >= 0.3 is 0 Å². The van der Waals surface area contributed by atoms with Crippen LogP contribution in [0.3, 0.4) is 0 Å². The van der Waals surface area contributed by atoms with Crippen LogP contribution in [0.4, 0.5) is 5.69 Å². The molecule has 5 aromatic rings. The second-order valence-corrected chi connectivity index (χ2v) is 10.7. The molecule has 1 heterocycles. The Labute approximate surface area is 260 Å². The van der Waals surface area contributed by atoms with E-state index in [-0.39, 0.29) is 17.3 Å². The third kappa shape index (κ3) is 7.95. The predicted octanol–water partition coefficient (Wildman–Crippen LogP) is 7.71. The van der Waals surface area contributed by atoms with Crippen molar-refractivity contribution in [3.63, 3.8) is 0 Å². The zero-order chi connectivity index (χ0) is 30.2. The van der Waals surface area contributed by atoms with Crippen LogP contribution in [0.1, 0.15) is 5.56 Å². The van der Waals surface area contributed by atoms with E-state index in [9.17, 15) is 14.9 Å². The quantitative estimate of drug-likeness (QED) is 0.0727. The van der Waals surface area contributed by atoms with Crippen LogP contribution < -0.4 is 10.2 Å². The molecule has 0 aliphatic rings. The Morgan fingerprint density at radius 1 is 0.907 bits per heavy atom. The van der Waals surface area contributed by atoms with Crippen LogP contribution in [0.5, 0.6) is 5.75 Å². The Bertz CT molecular complexity index is 1750. The number of hydrazone groups is 1. The Hall–Kier alpha value is -4.77. The molecule has 0 fully saturated rings. The minimum atomic E-state index is -0.548. The lowest BCUT2D eigenvalue weighted by Crippen LogP contribution is -2.24. The largest absolute Gasteiger partial charge is 0.482 e. The predicted molar refractivity (Wildman–Crippen MR) is 168 cm³/mol. The molecule has 0 saturated heterocycles. The molecule has 214 valence electrons. The van der Waals surface area contributed by atoms with E-state index in [1.807, 2.05) is 66.7 Å². The summed E-state index contributed by atoms with van der Waals surface area (Å²) in [7, 11) is 0. The van der Waals surface area contributed by atoms with Gasteiger partial charge in [-0.2, -0.15) is 5.10 Å².